The van der Waals surface area contributed by atoms with Gasteiger partial charge in [-0.15, -0.1) is 0 Å². The third-order valence-electron chi connectivity index (χ3n) is 8.26. The van der Waals surface area contributed by atoms with Crippen molar-refractivity contribution in [2.24, 2.45) is 27.4 Å². The summed E-state index contributed by atoms with van der Waals surface area (Å²) in [5.41, 5.74) is 11.5. The molecule has 0 saturated carbocycles. The van der Waals surface area contributed by atoms with Gasteiger partial charge < -0.3 is 57.5 Å². The first-order chi connectivity index (χ1) is 29.1. The minimum atomic E-state index is -1.15. The van der Waals surface area contributed by atoms with Crippen molar-refractivity contribution in [1.29, 1.82) is 0 Å². The molecule has 2 atom stereocenters. The molecule has 2 radical (unpaired) electrons. The number of Topliss-reactive ketones (excluding diaryl/α,β-unsaturated/α-hetero) is 1. The van der Waals surface area contributed by atoms with Gasteiger partial charge in [-0.05, 0) is 42.5 Å². The van der Waals surface area contributed by atoms with Crippen LogP contribution in [0.15, 0.2) is 40.4 Å². The highest BCUT2D eigenvalue weighted by Gasteiger charge is 2.24. The summed E-state index contributed by atoms with van der Waals surface area (Å²) in [7, 11) is 5.16. The molecule has 1 aromatic carbocycles. The van der Waals surface area contributed by atoms with Crippen LogP contribution in [0.1, 0.15) is 56.6 Å². The van der Waals surface area contributed by atoms with Gasteiger partial charge in [-0.1, -0.05) is 13.0 Å². The highest BCUT2D eigenvalue weighted by atomic mass is 16.5. The van der Waals surface area contributed by atoms with Crippen molar-refractivity contribution in [2.45, 2.75) is 70.7 Å². The van der Waals surface area contributed by atoms with Crippen LogP contribution in [-0.2, 0) is 60.9 Å². The number of ketones is 1. The summed E-state index contributed by atoms with van der Waals surface area (Å²) in [5, 5.41) is 13.7. The third-order valence-corrected chi connectivity index (χ3v) is 8.26. The maximum absolute atomic E-state index is 13.5. The summed E-state index contributed by atoms with van der Waals surface area (Å²) in [6.45, 7) is 0.577. The molecule has 1 aliphatic heterocycles. The Kier molecular flexibility index (Phi) is 23.1. The van der Waals surface area contributed by atoms with Gasteiger partial charge in [-0.25, -0.2) is 9.59 Å². The quantitative estimate of drug-likeness (QED) is 0.0126. The zero-order chi connectivity index (χ0) is 45.2. The lowest BCUT2D eigenvalue weighted by Gasteiger charge is -2.20. The van der Waals surface area contributed by atoms with Gasteiger partial charge in [-0.2, -0.15) is 5.10 Å². The number of ether oxygens (including phenoxy) is 4. The van der Waals surface area contributed by atoms with E-state index in [1.54, 1.807) is 6.07 Å². The number of nitrogens with zero attached hydrogens (tertiary/aromatic N) is 3. The first kappa shape index (κ1) is 50.5. The number of amides is 8. The summed E-state index contributed by atoms with van der Waals surface area (Å²) < 4.78 is 20.9. The number of hydrazone groups is 1. The van der Waals surface area contributed by atoms with Gasteiger partial charge in [0.15, 0.2) is 0 Å². The van der Waals surface area contributed by atoms with Crippen LogP contribution in [-0.4, -0.2) is 136 Å². The maximum Gasteiger partial charge on any atom is 0.404 e. The molecule has 24 heteroatoms. The molecule has 2 unspecified atom stereocenters. The Morgan fingerprint density at radius 2 is 1.66 bits per heavy atom. The molecule has 0 aromatic heterocycles. The van der Waals surface area contributed by atoms with Crippen molar-refractivity contribution in [3.8, 4) is 0 Å². The topological polar surface area (TPSA) is 345 Å². The van der Waals surface area contributed by atoms with Crippen molar-refractivity contribution in [2.75, 3.05) is 51.4 Å². The molecule has 0 fully saturated rings. The monoisotopic (exact) mass is 854 g/mol. The number of imide groups is 1. The Bertz CT molecular complexity index is 1810. The summed E-state index contributed by atoms with van der Waals surface area (Å²) in [6.07, 6.45) is 3.57. The van der Waals surface area contributed by atoms with E-state index in [0.29, 0.717) is 24.0 Å². The number of nitrogens with two attached hydrogens (primary N) is 3. The van der Waals surface area contributed by atoms with Gasteiger partial charge in [0.05, 0.1) is 45.6 Å². The van der Waals surface area contributed by atoms with Crippen molar-refractivity contribution >= 4 is 78.8 Å². The molecule has 0 aliphatic carbocycles. The molecule has 10 N–H and O–H groups in total. The highest BCUT2D eigenvalue weighted by molar-refractivity contribution is 6.55. The summed E-state index contributed by atoms with van der Waals surface area (Å²) in [4.78, 5) is 113. The van der Waals surface area contributed by atoms with Crippen LogP contribution < -0.4 is 38.6 Å². The number of carbonyl (C=O) groups is 9. The van der Waals surface area contributed by atoms with E-state index >= 15 is 0 Å². The maximum atomic E-state index is 13.5. The largest absolute Gasteiger partial charge is 0.470 e. The number of carbonyl (C=O) groups excluding carboxylic acids is 9. The molecule has 1 aliphatic rings. The van der Waals surface area contributed by atoms with E-state index < -0.39 is 66.2 Å². The lowest BCUT2D eigenvalue weighted by Crippen LogP contribution is -2.47. The standard InChI is InChI=1S/C37H51BN10O13/c1-2-4-28(49)16-26(22-61-37(40)57)43-17-27(47-41)21-59-19-24-15-25(7-6-23(24)20-60-35(38)55)45-34(54)29(5-3-11-42-36(39)56)46-31(51)18-44-30(50)10-13-58-14-12-48-32(52)8-9-33(48)53/h6-9,15,17,26,29H,2-5,10-14,16,18-22,41H2,1H3,(H2,40,57)(H,44,50)(H,45,54)(H,46,51)(H3,39,42,56)/b43-17?,47-27+. The zero-order valence-electron chi connectivity index (χ0n) is 33.7. The molecule has 8 amide bonds. The summed E-state index contributed by atoms with van der Waals surface area (Å²) >= 11 is 0. The molecule has 0 saturated heterocycles. The van der Waals surface area contributed by atoms with E-state index in [-0.39, 0.29) is 95.6 Å². The molecule has 61 heavy (non-hydrogen) atoms. The minimum Gasteiger partial charge on any atom is -0.470 e. The van der Waals surface area contributed by atoms with Gasteiger partial charge in [-0.3, -0.25) is 43.5 Å². The third kappa shape index (κ3) is 21.2. The molecule has 0 spiro atoms. The minimum absolute atomic E-state index is 0.00880. The fourth-order valence-electron chi connectivity index (χ4n) is 5.27. The second-order valence-electron chi connectivity index (χ2n) is 13.1. The van der Waals surface area contributed by atoms with Gasteiger partial charge in [0.1, 0.15) is 30.8 Å². The number of urea groups is 1. The number of aliphatic imine (C=N–C) groups is 1. The number of nitrogens with one attached hydrogen (secondary N) is 4. The lowest BCUT2D eigenvalue weighted by atomic mass is 10.1. The molecular formula is C37H51BN10O13. The van der Waals surface area contributed by atoms with Crippen LogP contribution in [0.2, 0.25) is 0 Å². The molecule has 1 heterocycles. The van der Waals surface area contributed by atoms with Crippen molar-refractivity contribution in [3.05, 3.63) is 41.5 Å². The molecule has 1 aromatic rings. The smallest absolute Gasteiger partial charge is 0.404 e. The predicted molar refractivity (Wildman–Crippen MR) is 218 cm³/mol. The Morgan fingerprint density at radius 1 is 0.918 bits per heavy atom. The number of hydrogen-bond donors (Lipinski definition) is 7. The Balaban J connectivity index is 2.07. The van der Waals surface area contributed by atoms with Crippen LogP contribution in [0.3, 0.4) is 0 Å². The fourth-order valence-corrected chi connectivity index (χ4v) is 5.27. The first-order valence-corrected chi connectivity index (χ1v) is 19.0. The van der Waals surface area contributed by atoms with Crippen molar-refractivity contribution in [3.63, 3.8) is 0 Å². The average molecular weight is 855 g/mol. The normalized spacial score (nSPS) is 13.4. The van der Waals surface area contributed by atoms with Crippen molar-refractivity contribution < 1.29 is 62.1 Å². The summed E-state index contributed by atoms with van der Waals surface area (Å²) in [5.74, 6) is 1.58. The van der Waals surface area contributed by atoms with E-state index in [1.165, 1.54) is 18.3 Å². The zero-order valence-corrected chi connectivity index (χ0v) is 33.7. The molecule has 2 rings (SSSR count). The van der Waals surface area contributed by atoms with E-state index in [9.17, 15) is 43.2 Å². The van der Waals surface area contributed by atoms with E-state index in [2.05, 4.69) is 31.4 Å². The van der Waals surface area contributed by atoms with Gasteiger partial charge in [0.25, 0.3) is 11.8 Å². The van der Waals surface area contributed by atoms with Crippen LogP contribution in [0.4, 0.5) is 20.1 Å². The molecule has 0 bridgehead atoms. The lowest BCUT2D eigenvalue weighted by molar-refractivity contribution is -0.138. The van der Waals surface area contributed by atoms with Gasteiger partial charge >= 0.3 is 12.1 Å². The average Bonchev–Trinajstić information content (AvgIpc) is 3.53. The first-order valence-electron chi connectivity index (χ1n) is 19.0. The molecular weight excluding hydrogens is 803 g/mol. The van der Waals surface area contributed by atoms with Crippen LogP contribution >= 0.6 is 0 Å². The Labute approximate surface area is 352 Å². The number of rotatable bonds is 29. The van der Waals surface area contributed by atoms with E-state index in [4.69, 9.17) is 44.1 Å². The number of primary amides is 2. The fraction of sp³-hybridized carbons (Fsp3) is 0.486. The molecule has 330 valence electrons. The second-order valence-corrected chi connectivity index (χ2v) is 13.1. The number of hydrogen-bond acceptors (Lipinski definition) is 16. The number of anilines is 1. The SMILES string of the molecule is [B]C(=O)OCc1ccc(NC(=O)C(CCCNC(N)=O)NC(=O)CNC(=O)CCOCCN2C(=O)C=CC2=O)cc1COC/C(C=NC(COC(N)=O)CC(=O)CCC)=N/N. The number of benzene rings is 1. The Hall–Kier alpha value is -6.69. The van der Waals surface area contributed by atoms with Crippen molar-refractivity contribution in [1.82, 2.24) is 20.9 Å². The summed E-state index contributed by atoms with van der Waals surface area (Å²) in [6, 6.07) is 1.88. The molecule has 23 nitrogen and oxygen atoms in total. The van der Waals surface area contributed by atoms with E-state index in [1.807, 2.05) is 6.92 Å². The van der Waals surface area contributed by atoms with Crippen LogP contribution in [0.25, 0.3) is 0 Å². The highest BCUT2D eigenvalue weighted by Crippen LogP contribution is 2.19. The van der Waals surface area contributed by atoms with Crippen LogP contribution in [0.5, 0.6) is 0 Å². The van der Waals surface area contributed by atoms with Gasteiger partial charge in [0, 0.05) is 49.9 Å². The van der Waals surface area contributed by atoms with E-state index in [0.717, 1.165) is 17.1 Å². The predicted octanol–water partition coefficient (Wildman–Crippen LogP) is -1.06. The van der Waals surface area contributed by atoms with Gasteiger partial charge in [0.2, 0.25) is 31.4 Å². The Morgan fingerprint density at radius 3 is 2.31 bits per heavy atom. The van der Waals surface area contributed by atoms with Crippen LogP contribution in [0, 0.1) is 0 Å². The second kappa shape index (κ2) is 27.9.